The molecule has 0 aliphatic rings. The molecule has 0 fully saturated rings. The van der Waals surface area contributed by atoms with E-state index < -0.39 is 0 Å². The van der Waals surface area contributed by atoms with Crippen LogP contribution in [0.1, 0.15) is 24.2 Å². The minimum Gasteiger partial charge on any atom is -0.497 e. The number of methoxy groups -OCH3 is 1. The number of benzene rings is 3. The summed E-state index contributed by atoms with van der Waals surface area (Å²) in [4.78, 5) is 4.91. The molecule has 26 heavy (non-hydrogen) atoms. The lowest BCUT2D eigenvalue weighted by atomic mass is 9.97. The molecule has 4 aromatic rings. The number of para-hydroxylation sites is 2. The number of hydrogen-bond donors (Lipinski definition) is 0. The Morgan fingerprint density at radius 3 is 2.65 bits per heavy atom. The number of nitrogens with zero attached hydrogens (tertiary/aromatic N) is 2. The maximum atomic E-state index is 5.32. The molecule has 0 aliphatic carbocycles. The Morgan fingerprint density at radius 2 is 1.85 bits per heavy atom. The number of ether oxygens (including phenoxy) is 1. The van der Waals surface area contributed by atoms with E-state index in [2.05, 4.69) is 66.6 Å². The van der Waals surface area contributed by atoms with E-state index in [1.807, 2.05) is 18.2 Å². The quantitative estimate of drug-likeness (QED) is 0.446. The molecule has 0 saturated heterocycles. The van der Waals surface area contributed by atoms with E-state index in [4.69, 9.17) is 9.72 Å². The topological polar surface area (TPSA) is 27.1 Å². The molecule has 130 valence electrons. The van der Waals surface area contributed by atoms with Crippen LogP contribution in [0, 0.1) is 0 Å². The zero-order chi connectivity index (χ0) is 18.1. The monoisotopic (exact) mass is 342 g/mol. The van der Waals surface area contributed by atoms with Crippen LogP contribution in [0.5, 0.6) is 5.75 Å². The van der Waals surface area contributed by atoms with E-state index in [0.29, 0.717) is 0 Å². The molecular weight excluding hydrogens is 320 g/mol. The summed E-state index contributed by atoms with van der Waals surface area (Å²) in [5.74, 6) is 2.14. The van der Waals surface area contributed by atoms with Gasteiger partial charge in [-0.1, -0.05) is 49.4 Å². The largest absolute Gasteiger partial charge is 0.497 e. The van der Waals surface area contributed by atoms with E-state index in [9.17, 15) is 0 Å². The first-order valence-electron chi connectivity index (χ1n) is 8.85. The van der Waals surface area contributed by atoms with Gasteiger partial charge in [0.2, 0.25) is 0 Å². The molecule has 0 aliphatic heterocycles. The highest BCUT2D eigenvalue weighted by molar-refractivity contribution is 5.85. The predicted octanol–water partition coefficient (Wildman–Crippen LogP) is 5.54. The van der Waals surface area contributed by atoms with E-state index in [1.54, 1.807) is 7.11 Å². The van der Waals surface area contributed by atoms with Crippen LogP contribution < -0.4 is 4.74 Å². The maximum absolute atomic E-state index is 5.32. The molecule has 1 atom stereocenters. The van der Waals surface area contributed by atoms with Gasteiger partial charge >= 0.3 is 0 Å². The minimum atomic E-state index is 0.189. The number of hydrogen-bond acceptors (Lipinski definition) is 2. The van der Waals surface area contributed by atoms with Gasteiger partial charge < -0.3 is 9.30 Å². The van der Waals surface area contributed by atoms with Crippen molar-refractivity contribution in [3.05, 3.63) is 84.7 Å². The molecule has 0 spiro atoms. The van der Waals surface area contributed by atoms with Crippen LogP contribution in [0.15, 0.2) is 73.3 Å². The number of fused-ring (bicyclic) bond motifs is 2. The highest BCUT2D eigenvalue weighted by Crippen LogP contribution is 2.30. The predicted molar refractivity (Wildman–Crippen MR) is 108 cm³/mol. The molecule has 0 unspecified atom stereocenters. The van der Waals surface area contributed by atoms with Gasteiger partial charge in [-0.25, -0.2) is 4.98 Å². The highest BCUT2D eigenvalue weighted by Gasteiger charge is 2.18. The van der Waals surface area contributed by atoms with Crippen molar-refractivity contribution < 1.29 is 4.74 Å². The van der Waals surface area contributed by atoms with Crippen molar-refractivity contribution in [2.45, 2.75) is 19.4 Å². The van der Waals surface area contributed by atoms with Crippen LogP contribution in [-0.4, -0.2) is 16.7 Å². The highest BCUT2D eigenvalue weighted by atomic mass is 16.5. The fraction of sp³-hybridized carbons (Fsp3) is 0.174. The molecule has 3 nitrogen and oxygen atoms in total. The van der Waals surface area contributed by atoms with Gasteiger partial charge in [0.1, 0.15) is 11.6 Å². The Bertz CT molecular complexity index is 1090. The SMILES string of the molecule is C=CCn1c([C@@H](C)c2ccc3cc(OC)ccc3c2)nc2ccccc21. The third-order valence-electron chi connectivity index (χ3n) is 4.95. The zero-order valence-electron chi connectivity index (χ0n) is 15.1. The van der Waals surface area contributed by atoms with E-state index in [1.165, 1.54) is 16.3 Å². The summed E-state index contributed by atoms with van der Waals surface area (Å²) in [6.07, 6.45) is 1.93. The average molecular weight is 342 g/mol. The van der Waals surface area contributed by atoms with Gasteiger partial charge in [-0.2, -0.15) is 0 Å². The minimum absolute atomic E-state index is 0.189. The number of rotatable bonds is 5. The molecule has 3 heteroatoms. The van der Waals surface area contributed by atoms with Gasteiger partial charge in [0, 0.05) is 12.5 Å². The van der Waals surface area contributed by atoms with Gasteiger partial charge in [0.05, 0.1) is 18.1 Å². The van der Waals surface area contributed by atoms with Gasteiger partial charge in [0.25, 0.3) is 0 Å². The Kier molecular flexibility index (Phi) is 4.21. The van der Waals surface area contributed by atoms with Gasteiger partial charge in [-0.15, -0.1) is 6.58 Å². The van der Waals surface area contributed by atoms with Crippen LogP contribution in [0.2, 0.25) is 0 Å². The van der Waals surface area contributed by atoms with Crippen LogP contribution in [0.3, 0.4) is 0 Å². The van der Waals surface area contributed by atoms with Crippen molar-refractivity contribution in [1.29, 1.82) is 0 Å². The third kappa shape index (κ3) is 2.76. The molecule has 4 rings (SSSR count). The Balaban J connectivity index is 1.81. The number of aromatic nitrogens is 2. The van der Waals surface area contributed by atoms with Crippen molar-refractivity contribution in [2.24, 2.45) is 0 Å². The fourth-order valence-corrected chi connectivity index (χ4v) is 3.53. The summed E-state index contributed by atoms with van der Waals surface area (Å²) in [6.45, 7) is 6.88. The molecule has 0 radical (unpaired) electrons. The second-order valence-corrected chi connectivity index (χ2v) is 6.55. The fourth-order valence-electron chi connectivity index (χ4n) is 3.53. The summed E-state index contributed by atoms with van der Waals surface area (Å²) in [6, 6.07) is 21.0. The summed E-state index contributed by atoms with van der Waals surface area (Å²) in [7, 11) is 1.70. The lowest BCUT2D eigenvalue weighted by Gasteiger charge is -2.15. The van der Waals surface area contributed by atoms with Gasteiger partial charge in [0.15, 0.2) is 0 Å². The standard InChI is InChI=1S/C23H22N2O/c1-4-13-25-22-8-6-5-7-21(22)24-23(25)16(2)17-9-10-19-15-20(26-3)12-11-18(19)14-17/h4-12,14-16H,1,13H2,2-3H3/t16-/m0/s1. The van der Waals surface area contributed by atoms with E-state index in [-0.39, 0.29) is 5.92 Å². The maximum Gasteiger partial charge on any atom is 0.119 e. The molecule has 3 aromatic carbocycles. The second-order valence-electron chi connectivity index (χ2n) is 6.55. The van der Waals surface area contributed by atoms with Crippen LogP contribution >= 0.6 is 0 Å². The van der Waals surface area contributed by atoms with Crippen molar-refractivity contribution in [1.82, 2.24) is 9.55 Å². The molecule has 1 heterocycles. The third-order valence-corrected chi connectivity index (χ3v) is 4.95. The molecule has 0 bridgehead atoms. The second kappa shape index (κ2) is 6.68. The van der Waals surface area contributed by atoms with Gasteiger partial charge in [-0.3, -0.25) is 0 Å². The van der Waals surface area contributed by atoms with Crippen molar-refractivity contribution >= 4 is 21.8 Å². The molecule has 0 saturated carbocycles. The van der Waals surface area contributed by atoms with Gasteiger partial charge in [-0.05, 0) is 40.6 Å². The van der Waals surface area contributed by atoms with Crippen molar-refractivity contribution in [2.75, 3.05) is 7.11 Å². The summed E-state index contributed by atoms with van der Waals surface area (Å²) in [5.41, 5.74) is 3.43. The summed E-state index contributed by atoms with van der Waals surface area (Å²) >= 11 is 0. The zero-order valence-corrected chi connectivity index (χ0v) is 15.1. The first-order chi connectivity index (χ1) is 12.7. The lowest BCUT2D eigenvalue weighted by Crippen LogP contribution is -2.07. The number of imidazole rings is 1. The Labute approximate surface area is 153 Å². The molecule has 1 aromatic heterocycles. The Morgan fingerprint density at radius 1 is 1.08 bits per heavy atom. The molecular formula is C23H22N2O. The smallest absolute Gasteiger partial charge is 0.119 e. The normalized spacial score (nSPS) is 12.4. The first-order valence-corrected chi connectivity index (χ1v) is 8.85. The Hall–Kier alpha value is -3.07. The number of allylic oxidation sites excluding steroid dienone is 1. The lowest BCUT2D eigenvalue weighted by molar-refractivity contribution is 0.415. The van der Waals surface area contributed by atoms with Crippen LogP contribution in [-0.2, 0) is 6.54 Å². The first kappa shape index (κ1) is 16.4. The van der Waals surface area contributed by atoms with Crippen LogP contribution in [0.4, 0.5) is 0 Å². The summed E-state index contributed by atoms with van der Waals surface area (Å²) < 4.78 is 7.58. The van der Waals surface area contributed by atoms with Crippen molar-refractivity contribution in [3.63, 3.8) is 0 Å². The van der Waals surface area contributed by atoms with Crippen molar-refractivity contribution in [3.8, 4) is 5.75 Å². The summed E-state index contributed by atoms with van der Waals surface area (Å²) in [5, 5.41) is 2.39. The average Bonchev–Trinajstić information content (AvgIpc) is 3.05. The van der Waals surface area contributed by atoms with E-state index in [0.717, 1.165) is 29.2 Å². The van der Waals surface area contributed by atoms with E-state index >= 15 is 0 Å². The van der Waals surface area contributed by atoms with Crippen LogP contribution in [0.25, 0.3) is 21.8 Å². The molecule has 0 amide bonds. The molecule has 0 N–H and O–H groups in total.